The minimum atomic E-state index is -0.848. The summed E-state index contributed by atoms with van der Waals surface area (Å²) in [6.45, 7) is 0. The number of rotatable bonds is 4. The molecule has 0 atom stereocenters. The third-order valence-corrected chi connectivity index (χ3v) is 5.57. The van der Waals surface area contributed by atoms with E-state index in [0.29, 0.717) is 27.1 Å². The first-order chi connectivity index (χ1) is 14.6. The van der Waals surface area contributed by atoms with E-state index >= 15 is 0 Å². The lowest BCUT2D eigenvalue weighted by molar-refractivity contribution is -0.0580. The molecule has 0 aliphatic carbocycles. The Bertz CT molecular complexity index is 1240. The number of nitrogens with zero attached hydrogens (tertiary/aromatic N) is 2. The third-order valence-electron chi connectivity index (χ3n) is 4.52. The highest BCUT2D eigenvalue weighted by Gasteiger charge is 2.39. The predicted molar refractivity (Wildman–Crippen MR) is 108 cm³/mol. The summed E-state index contributed by atoms with van der Waals surface area (Å²) in [7, 11) is 0. The summed E-state index contributed by atoms with van der Waals surface area (Å²) in [5.41, 5.74) is 1.47. The van der Waals surface area contributed by atoms with E-state index in [2.05, 4.69) is 4.98 Å². The zero-order chi connectivity index (χ0) is 20.7. The van der Waals surface area contributed by atoms with Gasteiger partial charge in [-0.1, -0.05) is 47.5 Å². The SMILES string of the molecule is O=C(ON1C(=O)c2ccccc2C1=O)c1sc(-c2ccco2)nc1-c1ccccc1. The van der Waals surface area contributed by atoms with Gasteiger partial charge in [-0.25, -0.2) is 9.78 Å². The molecule has 2 amide bonds. The summed E-state index contributed by atoms with van der Waals surface area (Å²) in [4.78, 5) is 48.0. The lowest BCUT2D eigenvalue weighted by Gasteiger charge is -2.12. The molecular weight excluding hydrogens is 404 g/mol. The second kappa shape index (κ2) is 7.09. The van der Waals surface area contributed by atoms with Crippen molar-refractivity contribution in [2.75, 3.05) is 0 Å². The van der Waals surface area contributed by atoms with Gasteiger partial charge in [-0.2, -0.15) is 0 Å². The first-order valence-electron chi connectivity index (χ1n) is 8.93. The molecule has 0 N–H and O–H groups in total. The largest absolute Gasteiger partial charge is 0.462 e. The topological polar surface area (TPSA) is 89.7 Å². The van der Waals surface area contributed by atoms with E-state index in [1.807, 2.05) is 18.2 Å². The molecule has 146 valence electrons. The van der Waals surface area contributed by atoms with Crippen molar-refractivity contribution in [2.45, 2.75) is 0 Å². The van der Waals surface area contributed by atoms with E-state index in [1.54, 1.807) is 36.4 Å². The maximum Gasteiger partial charge on any atom is 0.376 e. The summed E-state index contributed by atoms with van der Waals surface area (Å²) in [5.74, 6) is -1.71. The number of hydrogen-bond acceptors (Lipinski definition) is 7. The Morgan fingerprint density at radius 2 is 1.57 bits per heavy atom. The van der Waals surface area contributed by atoms with Crippen molar-refractivity contribution < 1.29 is 23.6 Å². The number of carbonyl (C=O) groups is 3. The minimum Gasteiger partial charge on any atom is -0.462 e. The molecule has 2 aromatic carbocycles. The van der Waals surface area contributed by atoms with Gasteiger partial charge in [0.25, 0.3) is 11.8 Å². The minimum absolute atomic E-state index is 0.157. The lowest BCUT2D eigenvalue weighted by atomic mass is 10.1. The molecule has 7 nitrogen and oxygen atoms in total. The van der Waals surface area contributed by atoms with Gasteiger partial charge in [0.15, 0.2) is 10.8 Å². The highest BCUT2D eigenvalue weighted by atomic mass is 32.1. The second-order valence-electron chi connectivity index (χ2n) is 6.37. The van der Waals surface area contributed by atoms with Crippen LogP contribution in [0.2, 0.25) is 0 Å². The van der Waals surface area contributed by atoms with Crippen molar-refractivity contribution in [2.24, 2.45) is 0 Å². The Morgan fingerprint density at radius 3 is 2.20 bits per heavy atom. The van der Waals surface area contributed by atoms with Crippen molar-refractivity contribution in [3.05, 3.63) is 89.0 Å². The molecule has 0 unspecified atom stereocenters. The molecule has 5 rings (SSSR count). The van der Waals surface area contributed by atoms with Gasteiger partial charge in [-0.3, -0.25) is 9.59 Å². The average Bonchev–Trinajstić information content (AvgIpc) is 3.51. The number of fused-ring (bicyclic) bond motifs is 1. The molecule has 3 heterocycles. The Labute approximate surface area is 174 Å². The number of benzene rings is 2. The number of hydroxylamine groups is 2. The Balaban J connectivity index is 1.52. The summed E-state index contributed by atoms with van der Waals surface area (Å²) in [6, 6.07) is 18.9. The molecule has 0 bridgehead atoms. The molecule has 0 saturated heterocycles. The normalized spacial score (nSPS) is 12.9. The van der Waals surface area contributed by atoms with E-state index in [9.17, 15) is 14.4 Å². The number of furan rings is 1. The Morgan fingerprint density at radius 1 is 0.900 bits per heavy atom. The molecule has 0 spiro atoms. The molecule has 0 saturated carbocycles. The zero-order valence-electron chi connectivity index (χ0n) is 15.3. The Kier molecular flexibility index (Phi) is 4.26. The van der Waals surface area contributed by atoms with Crippen LogP contribution in [0.25, 0.3) is 22.0 Å². The van der Waals surface area contributed by atoms with Gasteiger partial charge in [-0.15, -0.1) is 11.3 Å². The summed E-state index contributed by atoms with van der Waals surface area (Å²) < 4.78 is 5.39. The fraction of sp³-hybridized carbons (Fsp3) is 0. The van der Waals surface area contributed by atoms with Crippen LogP contribution in [0.3, 0.4) is 0 Å². The number of imide groups is 1. The molecule has 2 aromatic heterocycles. The number of hydrogen-bond donors (Lipinski definition) is 0. The summed E-state index contributed by atoms with van der Waals surface area (Å²) in [6.07, 6.45) is 1.51. The molecule has 1 aliphatic heterocycles. The van der Waals surface area contributed by atoms with Crippen LogP contribution in [0.15, 0.2) is 77.4 Å². The van der Waals surface area contributed by atoms with E-state index < -0.39 is 17.8 Å². The standard InChI is InChI=1S/C22H12N2O5S/c25-20-14-9-4-5-10-15(14)21(26)24(20)29-22(27)18-17(13-7-2-1-3-8-13)23-19(30-18)16-11-6-12-28-16/h1-12H. The third kappa shape index (κ3) is 2.90. The van der Waals surface area contributed by atoms with Gasteiger partial charge in [0.1, 0.15) is 4.88 Å². The molecule has 8 heteroatoms. The van der Waals surface area contributed by atoms with Gasteiger partial charge in [0.2, 0.25) is 0 Å². The van der Waals surface area contributed by atoms with Crippen LogP contribution in [-0.4, -0.2) is 27.8 Å². The quantitative estimate of drug-likeness (QED) is 0.457. The molecule has 30 heavy (non-hydrogen) atoms. The highest BCUT2D eigenvalue weighted by molar-refractivity contribution is 7.17. The number of carbonyl (C=O) groups excluding carboxylic acids is 3. The summed E-state index contributed by atoms with van der Waals surface area (Å²) >= 11 is 1.06. The van der Waals surface area contributed by atoms with Crippen LogP contribution in [0.5, 0.6) is 0 Å². The molecule has 1 aliphatic rings. The molecule has 0 fully saturated rings. The van der Waals surface area contributed by atoms with Crippen molar-refractivity contribution >= 4 is 29.1 Å². The van der Waals surface area contributed by atoms with Crippen LogP contribution in [0.1, 0.15) is 30.4 Å². The Hall–Kier alpha value is -4.04. The number of thiazole rings is 1. The van der Waals surface area contributed by atoms with E-state index in [0.717, 1.165) is 11.3 Å². The van der Waals surface area contributed by atoms with Crippen LogP contribution in [0, 0.1) is 0 Å². The van der Waals surface area contributed by atoms with Crippen molar-refractivity contribution in [1.82, 2.24) is 10.0 Å². The van der Waals surface area contributed by atoms with Crippen LogP contribution >= 0.6 is 11.3 Å². The zero-order valence-corrected chi connectivity index (χ0v) is 16.1. The molecule has 4 aromatic rings. The lowest BCUT2D eigenvalue weighted by Crippen LogP contribution is -2.32. The smallest absolute Gasteiger partial charge is 0.376 e. The first-order valence-corrected chi connectivity index (χ1v) is 9.75. The molecule has 0 radical (unpaired) electrons. The van der Waals surface area contributed by atoms with Crippen LogP contribution in [-0.2, 0) is 4.84 Å². The van der Waals surface area contributed by atoms with Crippen molar-refractivity contribution in [1.29, 1.82) is 0 Å². The maximum absolute atomic E-state index is 13.0. The average molecular weight is 416 g/mol. The van der Waals surface area contributed by atoms with E-state index in [4.69, 9.17) is 9.25 Å². The van der Waals surface area contributed by atoms with Gasteiger partial charge in [-0.05, 0) is 24.3 Å². The summed E-state index contributed by atoms with van der Waals surface area (Å²) in [5, 5.41) is 0.974. The van der Waals surface area contributed by atoms with Gasteiger partial charge in [0.05, 0.1) is 23.1 Å². The van der Waals surface area contributed by atoms with Crippen molar-refractivity contribution in [3.8, 4) is 22.0 Å². The fourth-order valence-corrected chi connectivity index (χ4v) is 4.06. The second-order valence-corrected chi connectivity index (χ2v) is 7.37. The first kappa shape index (κ1) is 18.0. The van der Waals surface area contributed by atoms with Gasteiger partial charge >= 0.3 is 5.97 Å². The predicted octanol–water partition coefficient (Wildman–Crippen LogP) is 4.44. The number of aromatic nitrogens is 1. The van der Waals surface area contributed by atoms with E-state index in [-0.39, 0.29) is 16.0 Å². The van der Waals surface area contributed by atoms with Crippen LogP contribution in [0.4, 0.5) is 0 Å². The van der Waals surface area contributed by atoms with Gasteiger partial charge in [0, 0.05) is 5.56 Å². The fourth-order valence-electron chi connectivity index (χ4n) is 3.13. The number of amides is 2. The monoisotopic (exact) mass is 416 g/mol. The van der Waals surface area contributed by atoms with Crippen molar-refractivity contribution in [3.63, 3.8) is 0 Å². The molecular formula is C22H12N2O5S. The van der Waals surface area contributed by atoms with Gasteiger partial charge < -0.3 is 9.25 Å². The maximum atomic E-state index is 13.0. The highest BCUT2D eigenvalue weighted by Crippen LogP contribution is 2.35. The van der Waals surface area contributed by atoms with E-state index in [1.165, 1.54) is 18.4 Å². The van der Waals surface area contributed by atoms with Crippen LogP contribution < -0.4 is 0 Å².